The van der Waals surface area contributed by atoms with Gasteiger partial charge in [-0.3, -0.25) is 0 Å². The van der Waals surface area contributed by atoms with Crippen LogP contribution >= 0.6 is 0 Å². The summed E-state index contributed by atoms with van der Waals surface area (Å²) in [5.41, 5.74) is 1.58. The standard InChI is InChI=1S/C16H28/c1-3-15(4-2)5-7-16(8-6-15)11-13-9-14(10-13)12-16/h13-14H,3-12H2,1-2H3. The van der Waals surface area contributed by atoms with E-state index >= 15 is 0 Å². The second kappa shape index (κ2) is 3.75. The molecule has 1 spiro atoms. The minimum Gasteiger partial charge on any atom is -0.0649 e. The van der Waals surface area contributed by atoms with Crippen molar-refractivity contribution in [3.63, 3.8) is 0 Å². The Morgan fingerprint density at radius 3 is 1.75 bits per heavy atom. The van der Waals surface area contributed by atoms with Crippen LogP contribution < -0.4 is 0 Å². The van der Waals surface area contributed by atoms with E-state index in [4.69, 9.17) is 0 Å². The molecular formula is C16H28. The molecule has 0 radical (unpaired) electrons. The molecule has 0 aromatic carbocycles. The summed E-state index contributed by atoms with van der Waals surface area (Å²) in [6.07, 6.45) is 15.5. The van der Waals surface area contributed by atoms with Crippen LogP contribution in [0.25, 0.3) is 0 Å². The highest BCUT2D eigenvalue weighted by Crippen LogP contribution is 2.61. The van der Waals surface area contributed by atoms with Gasteiger partial charge in [0.05, 0.1) is 0 Å². The average molecular weight is 220 g/mol. The van der Waals surface area contributed by atoms with E-state index in [0.29, 0.717) is 0 Å². The van der Waals surface area contributed by atoms with Crippen molar-refractivity contribution in [3.8, 4) is 0 Å². The summed E-state index contributed by atoms with van der Waals surface area (Å²) in [5.74, 6) is 2.30. The van der Waals surface area contributed by atoms with Crippen LogP contribution in [0.5, 0.6) is 0 Å². The summed E-state index contributed by atoms with van der Waals surface area (Å²) >= 11 is 0. The van der Waals surface area contributed by atoms with Gasteiger partial charge < -0.3 is 0 Å². The Morgan fingerprint density at radius 1 is 0.812 bits per heavy atom. The quantitative estimate of drug-likeness (QED) is 0.602. The zero-order valence-electron chi connectivity index (χ0n) is 11.2. The Balaban J connectivity index is 1.65. The van der Waals surface area contributed by atoms with Gasteiger partial charge >= 0.3 is 0 Å². The lowest BCUT2D eigenvalue weighted by atomic mass is 9.49. The molecule has 0 aromatic heterocycles. The first-order chi connectivity index (χ1) is 7.69. The molecule has 0 aliphatic heterocycles. The summed E-state index contributed by atoms with van der Waals surface area (Å²) in [7, 11) is 0. The maximum absolute atomic E-state index is 2.42. The number of rotatable bonds is 2. The Labute approximate surface area is 101 Å². The van der Waals surface area contributed by atoms with Gasteiger partial charge in [-0.1, -0.05) is 26.7 Å². The van der Waals surface area contributed by atoms with Crippen molar-refractivity contribution in [2.24, 2.45) is 22.7 Å². The highest BCUT2D eigenvalue weighted by atomic mass is 14.5. The van der Waals surface area contributed by atoms with E-state index in [1.807, 2.05) is 0 Å². The van der Waals surface area contributed by atoms with E-state index in [0.717, 1.165) is 22.7 Å². The topological polar surface area (TPSA) is 0 Å². The van der Waals surface area contributed by atoms with Crippen LogP contribution in [0.2, 0.25) is 0 Å². The van der Waals surface area contributed by atoms with Gasteiger partial charge in [0.25, 0.3) is 0 Å². The number of hydrogen-bond acceptors (Lipinski definition) is 0. The molecule has 4 aliphatic rings. The van der Waals surface area contributed by atoms with Crippen LogP contribution in [0.15, 0.2) is 0 Å². The molecule has 0 saturated heterocycles. The summed E-state index contributed by atoms with van der Waals surface area (Å²) in [6.45, 7) is 4.83. The van der Waals surface area contributed by atoms with E-state index < -0.39 is 0 Å². The summed E-state index contributed by atoms with van der Waals surface area (Å²) in [4.78, 5) is 0. The first-order valence-corrected chi connectivity index (χ1v) is 7.69. The molecule has 0 nitrogen and oxygen atoms in total. The van der Waals surface area contributed by atoms with Gasteiger partial charge in [0, 0.05) is 0 Å². The van der Waals surface area contributed by atoms with Crippen LogP contribution in [0, 0.1) is 22.7 Å². The summed E-state index contributed by atoms with van der Waals surface area (Å²) in [6, 6.07) is 0. The van der Waals surface area contributed by atoms with Crippen LogP contribution in [-0.4, -0.2) is 0 Å². The fourth-order valence-electron chi connectivity index (χ4n) is 5.19. The van der Waals surface area contributed by atoms with Crippen molar-refractivity contribution in [2.75, 3.05) is 0 Å². The van der Waals surface area contributed by atoms with Gasteiger partial charge in [-0.2, -0.15) is 0 Å². The third-order valence-electron chi connectivity index (χ3n) is 6.65. The normalized spacial score (nSPS) is 39.4. The molecule has 16 heavy (non-hydrogen) atoms. The van der Waals surface area contributed by atoms with Crippen molar-refractivity contribution in [3.05, 3.63) is 0 Å². The van der Waals surface area contributed by atoms with Gasteiger partial charge in [-0.15, -0.1) is 0 Å². The van der Waals surface area contributed by atoms with E-state index in [1.54, 1.807) is 51.4 Å². The van der Waals surface area contributed by atoms with Crippen molar-refractivity contribution in [1.82, 2.24) is 0 Å². The molecule has 2 bridgehead atoms. The zero-order chi connectivity index (χ0) is 11.2. The van der Waals surface area contributed by atoms with Crippen molar-refractivity contribution >= 4 is 0 Å². The molecule has 4 fully saturated rings. The molecule has 4 rings (SSSR count). The SMILES string of the molecule is CCC1(CC)CCC2(CC1)CC1CC(C1)C2. The van der Waals surface area contributed by atoms with Gasteiger partial charge in [0.2, 0.25) is 0 Å². The summed E-state index contributed by atoms with van der Waals surface area (Å²) in [5, 5.41) is 0. The summed E-state index contributed by atoms with van der Waals surface area (Å²) < 4.78 is 0. The largest absolute Gasteiger partial charge is 0.0649 e. The highest BCUT2D eigenvalue weighted by molar-refractivity contribution is 5.01. The van der Waals surface area contributed by atoms with Crippen molar-refractivity contribution in [2.45, 2.75) is 78.1 Å². The zero-order valence-corrected chi connectivity index (χ0v) is 11.2. The lowest BCUT2D eigenvalue weighted by molar-refractivity contribution is -0.0520. The highest BCUT2D eigenvalue weighted by Gasteiger charge is 2.49. The van der Waals surface area contributed by atoms with Crippen molar-refractivity contribution < 1.29 is 0 Å². The maximum Gasteiger partial charge on any atom is -0.0292 e. The Morgan fingerprint density at radius 2 is 1.31 bits per heavy atom. The van der Waals surface area contributed by atoms with Crippen LogP contribution in [0.4, 0.5) is 0 Å². The van der Waals surface area contributed by atoms with E-state index in [9.17, 15) is 0 Å². The molecule has 92 valence electrons. The Hall–Kier alpha value is 0. The number of hydrogen-bond donors (Lipinski definition) is 0. The first kappa shape index (κ1) is 11.1. The minimum atomic E-state index is 0.743. The van der Waals surface area contributed by atoms with Gasteiger partial charge in [-0.25, -0.2) is 0 Å². The molecule has 0 amide bonds. The molecule has 0 N–H and O–H groups in total. The van der Waals surface area contributed by atoms with E-state index in [-0.39, 0.29) is 0 Å². The predicted molar refractivity (Wildman–Crippen MR) is 69.4 cm³/mol. The molecule has 0 heteroatoms. The molecule has 0 aromatic rings. The van der Waals surface area contributed by atoms with Gasteiger partial charge in [0.15, 0.2) is 0 Å². The lowest BCUT2D eigenvalue weighted by Crippen LogP contribution is -2.45. The van der Waals surface area contributed by atoms with Crippen molar-refractivity contribution in [1.29, 1.82) is 0 Å². The third-order valence-corrected chi connectivity index (χ3v) is 6.65. The smallest absolute Gasteiger partial charge is 0.0292 e. The molecular weight excluding hydrogens is 192 g/mol. The fourth-order valence-corrected chi connectivity index (χ4v) is 5.19. The molecule has 0 atom stereocenters. The molecule has 0 heterocycles. The monoisotopic (exact) mass is 220 g/mol. The second-order valence-electron chi connectivity index (χ2n) is 7.32. The Kier molecular flexibility index (Phi) is 2.60. The van der Waals surface area contributed by atoms with Gasteiger partial charge in [0.1, 0.15) is 0 Å². The molecule has 4 aliphatic carbocycles. The molecule has 0 unspecified atom stereocenters. The predicted octanol–water partition coefficient (Wildman–Crippen LogP) is 5.17. The van der Waals surface area contributed by atoms with Crippen LogP contribution in [0.1, 0.15) is 78.1 Å². The van der Waals surface area contributed by atoms with Crippen LogP contribution in [-0.2, 0) is 0 Å². The lowest BCUT2D eigenvalue weighted by Gasteiger charge is -2.56. The maximum atomic E-state index is 2.42. The first-order valence-electron chi connectivity index (χ1n) is 7.69. The average Bonchev–Trinajstić information content (AvgIpc) is 2.30. The third kappa shape index (κ3) is 1.64. The fraction of sp³-hybridized carbons (Fsp3) is 1.00. The van der Waals surface area contributed by atoms with E-state index in [1.165, 1.54) is 12.8 Å². The Bertz CT molecular complexity index is 233. The van der Waals surface area contributed by atoms with E-state index in [2.05, 4.69) is 13.8 Å². The minimum absolute atomic E-state index is 0.743. The molecule has 4 saturated carbocycles. The van der Waals surface area contributed by atoms with Gasteiger partial charge in [-0.05, 0) is 74.0 Å². The van der Waals surface area contributed by atoms with Crippen LogP contribution in [0.3, 0.4) is 0 Å². The second-order valence-corrected chi connectivity index (χ2v) is 7.32.